The molecule has 1 aliphatic rings. The van der Waals surface area contributed by atoms with Gasteiger partial charge in [-0.3, -0.25) is 14.5 Å². The lowest BCUT2D eigenvalue weighted by atomic mass is 10.1. The fourth-order valence-electron chi connectivity index (χ4n) is 3.20. The van der Waals surface area contributed by atoms with E-state index in [2.05, 4.69) is 0 Å². The van der Waals surface area contributed by atoms with Crippen LogP contribution in [0.1, 0.15) is 15.9 Å². The van der Waals surface area contributed by atoms with Gasteiger partial charge in [0.25, 0.3) is 0 Å². The number of nitrogens with one attached hydrogen (secondary N) is 1. The number of rotatable bonds is 6. The summed E-state index contributed by atoms with van der Waals surface area (Å²) in [6, 6.07) is 7.81. The number of carbonyl (C=O) groups excluding carboxylic acids is 3. The zero-order chi connectivity index (χ0) is 24.9. The van der Waals surface area contributed by atoms with Crippen molar-refractivity contribution in [2.24, 2.45) is 0 Å². The normalized spacial score (nSPS) is 14.0. The lowest BCUT2D eigenvalue weighted by molar-refractivity contribution is -0.173. The third-order valence-corrected chi connectivity index (χ3v) is 5.02. The van der Waals surface area contributed by atoms with Crippen LogP contribution in [0.25, 0.3) is 0 Å². The molecule has 0 aromatic heterocycles. The minimum Gasteiger partial charge on any atom is -0.378 e. The maximum Gasteiger partial charge on any atom is 0.471 e. The molecule has 1 heterocycles. The summed E-state index contributed by atoms with van der Waals surface area (Å²) in [5, 5.41) is 1.43. The van der Waals surface area contributed by atoms with Crippen molar-refractivity contribution in [3.05, 3.63) is 65.2 Å². The lowest BCUT2D eigenvalue weighted by Gasteiger charge is -2.33. The molecule has 0 radical (unpaired) electrons. The lowest BCUT2D eigenvalue weighted by Crippen LogP contribution is -2.48. The van der Waals surface area contributed by atoms with Crippen LogP contribution in [0.4, 0.5) is 32.4 Å². The van der Waals surface area contributed by atoms with E-state index in [9.17, 15) is 36.3 Å². The van der Waals surface area contributed by atoms with Crippen molar-refractivity contribution in [1.29, 1.82) is 0 Å². The number of nitrogens with zero attached hydrogens (tertiary/aromatic N) is 2. The number of carbonyl (C=O) groups is 3. The summed E-state index contributed by atoms with van der Waals surface area (Å²) in [6.45, 7) is 0.0750. The number of hydrogen-bond donors (Lipinski definition) is 1. The predicted molar refractivity (Wildman–Crippen MR) is 110 cm³/mol. The largest absolute Gasteiger partial charge is 0.471 e. The van der Waals surface area contributed by atoms with Gasteiger partial charge in [-0.15, -0.1) is 0 Å². The van der Waals surface area contributed by atoms with Gasteiger partial charge in [-0.1, -0.05) is 12.1 Å². The molecule has 1 fully saturated rings. The number of urea groups is 1. The Hall–Kier alpha value is -3.54. The molecule has 34 heavy (non-hydrogen) atoms. The Morgan fingerprint density at radius 1 is 1.00 bits per heavy atom. The van der Waals surface area contributed by atoms with Crippen LogP contribution in [0.3, 0.4) is 0 Å². The van der Waals surface area contributed by atoms with Gasteiger partial charge in [0.05, 0.1) is 26.3 Å². The number of alkyl halides is 3. The fraction of sp³-hybridized carbons (Fsp3) is 0.318. The van der Waals surface area contributed by atoms with Gasteiger partial charge in [0.1, 0.15) is 11.6 Å². The third-order valence-electron chi connectivity index (χ3n) is 5.02. The summed E-state index contributed by atoms with van der Waals surface area (Å²) >= 11 is 0. The first-order valence-electron chi connectivity index (χ1n) is 10.1. The molecule has 0 saturated carbocycles. The van der Waals surface area contributed by atoms with Crippen LogP contribution in [0, 0.1) is 11.6 Å². The standard InChI is InChI=1S/C22H20F5N3O4/c23-16-3-5-17(6-4-16)30(21(33)29-7-9-34-10-8-29)13-15-2-1-14(11-18(15)24)19(31)12-28-20(32)22(25,26)27/h1-6,11H,7-10,12-13H2,(H,28,32). The Kier molecular flexibility index (Phi) is 7.82. The number of Topliss-reactive ketones (excluding diaryl/α,β-unsaturated/α-hetero) is 1. The summed E-state index contributed by atoms with van der Waals surface area (Å²) in [4.78, 5) is 38.8. The Balaban J connectivity index is 1.78. The van der Waals surface area contributed by atoms with Crippen LogP contribution < -0.4 is 10.2 Å². The second kappa shape index (κ2) is 10.6. The van der Waals surface area contributed by atoms with E-state index in [-0.39, 0.29) is 17.7 Å². The van der Waals surface area contributed by atoms with Gasteiger partial charge >= 0.3 is 18.1 Å². The molecule has 3 rings (SSSR count). The maximum atomic E-state index is 14.8. The molecule has 1 saturated heterocycles. The van der Waals surface area contributed by atoms with E-state index >= 15 is 0 Å². The Morgan fingerprint density at radius 3 is 2.24 bits per heavy atom. The molecule has 1 aliphatic heterocycles. The zero-order valence-corrected chi connectivity index (χ0v) is 17.7. The quantitative estimate of drug-likeness (QED) is 0.503. The Bertz CT molecular complexity index is 1050. The zero-order valence-electron chi connectivity index (χ0n) is 17.7. The smallest absolute Gasteiger partial charge is 0.378 e. The molecule has 0 unspecified atom stereocenters. The first-order valence-corrected chi connectivity index (χ1v) is 10.1. The summed E-state index contributed by atoms with van der Waals surface area (Å²) in [5.41, 5.74) is 0.0747. The molecule has 3 amide bonds. The van der Waals surface area contributed by atoms with Crippen molar-refractivity contribution >= 4 is 23.4 Å². The maximum absolute atomic E-state index is 14.8. The average Bonchev–Trinajstić information content (AvgIpc) is 2.81. The Morgan fingerprint density at radius 2 is 1.65 bits per heavy atom. The van der Waals surface area contributed by atoms with Gasteiger partial charge in [0, 0.05) is 29.9 Å². The summed E-state index contributed by atoms with van der Waals surface area (Å²) < 4.78 is 70.2. The predicted octanol–water partition coefficient (Wildman–Crippen LogP) is 3.28. The molecule has 0 spiro atoms. The molecule has 0 atom stereocenters. The van der Waals surface area contributed by atoms with Crippen molar-refractivity contribution in [3.8, 4) is 0 Å². The average molecular weight is 485 g/mol. The number of halogens is 5. The molecule has 12 heteroatoms. The number of anilines is 1. The van der Waals surface area contributed by atoms with Crippen molar-refractivity contribution in [2.75, 3.05) is 37.7 Å². The molecule has 2 aromatic rings. The van der Waals surface area contributed by atoms with E-state index in [0.717, 1.165) is 18.2 Å². The van der Waals surface area contributed by atoms with E-state index in [1.165, 1.54) is 39.4 Å². The molecule has 7 nitrogen and oxygen atoms in total. The highest BCUT2D eigenvalue weighted by molar-refractivity contribution is 6.00. The summed E-state index contributed by atoms with van der Waals surface area (Å²) in [5.74, 6) is -4.61. The van der Waals surface area contributed by atoms with E-state index in [0.29, 0.717) is 32.0 Å². The third kappa shape index (κ3) is 6.28. The fourth-order valence-corrected chi connectivity index (χ4v) is 3.20. The number of benzene rings is 2. The van der Waals surface area contributed by atoms with Crippen LogP contribution >= 0.6 is 0 Å². The van der Waals surface area contributed by atoms with Gasteiger partial charge in [0.2, 0.25) is 0 Å². The topological polar surface area (TPSA) is 79.0 Å². The molecular formula is C22H20F5N3O4. The number of amides is 3. The van der Waals surface area contributed by atoms with Crippen molar-refractivity contribution < 1.29 is 41.1 Å². The number of hydrogen-bond acceptors (Lipinski definition) is 4. The highest BCUT2D eigenvalue weighted by Crippen LogP contribution is 2.22. The monoisotopic (exact) mass is 485 g/mol. The van der Waals surface area contributed by atoms with Gasteiger partial charge in [-0.2, -0.15) is 13.2 Å². The van der Waals surface area contributed by atoms with Gasteiger partial charge in [-0.25, -0.2) is 13.6 Å². The molecular weight excluding hydrogens is 465 g/mol. The van der Waals surface area contributed by atoms with Crippen LogP contribution in [-0.4, -0.2) is 61.6 Å². The molecule has 1 N–H and O–H groups in total. The first-order chi connectivity index (χ1) is 16.1. The van der Waals surface area contributed by atoms with Crippen molar-refractivity contribution in [3.63, 3.8) is 0 Å². The highest BCUT2D eigenvalue weighted by atomic mass is 19.4. The van der Waals surface area contributed by atoms with E-state index in [4.69, 9.17) is 4.74 Å². The van der Waals surface area contributed by atoms with Gasteiger partial charge < -0.3 is 15.0 Å². The van der Waals surface area contributed by atoms with Crippen LogP contribution in [0.5, 0.6) is 0 Å². The second-order valence-corrected chi connectivity index (χ2v) is 7.35. The molecule has 182 valence electrons. The number of ether oxygens (including phenoxy) is 1. The van der Waals surface area contributed by atoms with Crippen LogP contribution in [-0.2, 0) is 16.1 Å². The first kappa shape index (κ1) is 25.1. The van der Waals surface area contributed by atoms with Crippen LogP contribution in [0.15, 0.2) is 42.5 Å². The van der Waals surface area contributed by atoms with E-state index < -0.39 is 42.1 Å². The SMILES string of the molecule is O=C(CNC(=O)C(F)(F)F)c1ccc(CN(C(=O)N2CCOCC2)c2ccc(F)cc2)c(F)c1. The molecule has 0 bridgehead atoms. The Labute approximate surface area is 191 Å². The summed E-state index contributed by atoms with van der Waals surface area (Å²) in [6.07, 6.45) is -5.15. The highest BCUT2D eigenvalue weighted by Gasteiger charge is 2.38. The second-order valence-electron chi connectivity index (χ2n) is 7.35. The van der Waals surface area contributed by atoms with E-state index in [1.54, 1.807) is 0 Å². The number of ketones is 1. The van der Waals surface area contributed by atoms with Gasteiger partial charge in [0.15, 0.2) is 5.78 Å². The molecule has 2 aromatic carbocycles. The van der Waals surface area contributed by atoms with Gasteiger partial charge in [-0.05, 0) is 30.3 Å². The van der Waals surface area contributed by atoms with Crippen LogP contribution in [0.2, 0.25) is 0 Å². The van der Waals surface area contributed by atoms with Crippen molar-refractivity contribution in [2.45, 2.75) is 12.7 Å². The van der Waals surface area contributed by atoms with E-state index in [1.807, 2.05) is 0 Å². The number of morpholine rings is 1. The minimum atomic E-state index is -5.15. The molecule has 0 aliphatic carbocycles. The minimum absolute atomic E-state index is 0.0156. The van der Waals surface area contributed by atoms with Crippen molar-refractivity contribution in [1.82, 2.24) is 10.2 Å². The summed E-state index contributed by atoms with van der Waals surface area (Å²) in [7, 11) is 0.